The molecule has 17 heavy (non-hydrogen) atoms. The summed E-state index contributed by atoms with van der Waals surface area (Å²) in [7, 11) is 1.41. The van der Waals surface area contributed by atoms with Crippen LogP contribution in [-0.2, 0) is 9.53 Å². The second kappa shape index (κ2) is 5.89. The number of hydrogen-bond donors (Lipinski definition) is 1. The minimum atomic E-state index is -0.779. The zero-order valence-corrected chi connectivity index (χ0v) is 9.57. The Morgan fingerprint density at radius 2 is 2.24 bits per heavy atom. The number of carbonyl (C=O) groups is 1. The van der Waals surface area contributed by atoms with E-state index in [0.717, 1.165) is 6.07 Å². The SMILES string of the molecule is CCOC(=O)C(=CO)c1ccc(OC)cc1F. The summed E-state index contributed by atoms with van der Waals surface area (Å²) in [5.74, 6) is -1.12. The van der Waals surface area contributed by atoms with Gasteiger partial charge in [-0.15, -0.1) is 0 Å². The highest BCUT2D eigenvalue weighted by atomic mass is 19.1. The van der Waals surface area contributed by atoms with Gasteiger partial charge >= 0.3 is 5.97 Å². The molecule has 0 spiro atoms. The molecule has 0 fully saturated rings. The topological polar surface area (TPSA) is 55.8 Å². The Balaban J connectivity index is 3.09. The molecule has 1 rings (SSSR count). The molecule has 0 saturated carbocycles. The van der Waals surface area contributed by atoms with Gasteiger partial charge < -0.3 is 14.6 Å². The van der Waals surface area contributed by atoms with Crippen molar-refractivity contribution >= 4 is 11.5 Å². The van der Waals surface area contributed by atoms with Gasteiger partial charge in [-0.2, -0.15) is 0 Å². The number of hydrogen-bond acceptors (Lipinski definition) is 4. The monoisotopic (exact) mass is 240 g/mol. The van der Waals surface area contributed by atoms with E-state index in [2.05, 4.69) is 0 Å². The largest absolute Gasteiger partial charge is 0.515 e. The van der Waals surface area contributed by atoms with Crippen molar-refractivity contribution in [3.63, 3.8) is 0 Å². The number of carbonyl (C=O) groups excluding carboxylic acids is 1. The van der Waals surface area contributed by atoms with Crippen LogP contribution >= 0.6 is 0 Å². The maximum atomic E-state index is 13.6. The number of benzene rings is 1. The van der Waals surface area contributed by atoms with Crippen molar-refractivity contribution in [3.05, 3.63) is 35.8 Å². The van der Waals surface area contributed by atoms with Gasteiger partial charge in [0.2, 0.25) is 0 Å². The van der Waals surface area contributed by atoms with Crippen molar-refractivity contribution in [1.29, 1.82) is 0 Å². The standard InChI is InChI=1S/C12H13FO4/c1-3-17-12(15)10(7-14)9-5-4-8(16-2)6-11(9)13/h4-7,14H,3H2,1-2H3. The third-order valence-electron chi connectivity index (χ3n) is 2.09. The van der Waals surface area contributed by atoms with Gasteiger partial charge in [0.15, 0.2) is 0 Å². The smallest absolute Gasteiger partial charge is 0.341 e. The maximum Gasteiger partial charge on any atom is 0.341 e. The molecule has 0 aliphatic heterocycles. The predicted molar refractivity (Wildman–Crippen MR) is 60.2 cm³/mol. The summed E-state index contributed by atoms with van der Waals surface area (Å²) < 4.78 is 23.2. The molecule has 5 heteroatoms. The average molecular weight is 240 g/mol. The maximum absolute atomic E-state index is 13.6. The fourth-order valence-corrected chi connectivity index (χ4v) is 1.28. The molecule has 0 aliphatic carbocycles. The normalized spacial score (nSPS) is 11.1. The number of esters is 1. The van der Waals surface area contributed by atoms with Gasteiger partial charge in [0.1, 0.15) is 17.1 Å². The van der Waals surface area contributed by atoms with Gasteiger partial charge in [-0.25, -0.2) is 9.18 Å². The van der Waals surface area contributed by atoms with Crippen molar-refractivity contribution < 1.29 is 23.8 Å². The number of ether oxygens (including phenoxy) is 2. The zero-order chi connectivity index (χ0) is 12.8. The molecule has 1 N–H and O–H groups in total. The van der Waals surface area contributed by atoms with Crippen molar-refractivity contribution in [3.8, 4) is 5.75 Å². The number of rotatable bonds is 4. The zero-order valence-electron chi connectivity index (χ0n) is 9.57. The molecule has 92 valence electrons. The first kappa shape index (κ1) is 13.0. The fraction of sp³-hybridized carbons (Fsp3) is 0.250. The first-order chi connectivity index (χ1) is 8.13. The second-order valence-electron chi connectivity index (χ2n) is 3.11. The Bertz CT molecular complexity index is 440. The van der Waals surface area contributed by atoms with E-state index in [1.807, 2.05) is 0 Å². The van der Waals surface area contributed by atoms with E-state index in [1.165, 1.54) is 19.2 Å². The summed E-state index contributed by atoms with van der Waals surface area (Å²) >= 11 is 0. The molecular formula is C12H13FO4. The van der Waals surface area contributed by atoms with Gasteiger partial charge in [0.25, 0.3) is 0 Å². The lowest BCUT2D eigenvalue weighted by molar-refractivity contribution is -0.136. The van der Waals surface area contributed by atoms with Gasteiger partial charge in [0.05, 0.1) is 20.0 Å². The lowest BCUT2D eigenvalue weighted by atomic mass is 10.1. The van der Waals surface area contributed by atoms with Gasteiger partial charge in [0, 0.05) is 11.6 Å². The van der Waals surface area contributed by atoms with E-state index >= 15 is 0 Å². The third-order valence-corrected chi connectivity index (χ3v) is 2.09. The van der Waals surface area contributed by atoms with E-state index in [-0.39, 0.29) is 17.7 Å². The Morgan fingerprint density at radius 3 is 2.71 bits per heavy atom. The molecule has 0 heterocycles. The minimum absolute atomic E-state index is 0.0354. The predicted octanol–water partition coefficient (Wildman–Crippen LogP) is 2.30. The first-order valence-electron chi connectivity index (χ1n) is 4.99. The van der Waals surface area contributed by atoms with Crippen molar-refractivity contribution in [2.75, 3.05) is 13.7 Å². The molecule has 0 aromatic heterocycles. The van der Waals surface area contributed by atoms with Gasteiger partial charge in [-0.05, 0) is 19.1 Å². The highest BCUT2D eigenvalue weighted by molar-refractivity contribution is 6.16. The van der Waals surface area contributed by atoms with Crippen molar-refractivity contribution in [1.82, 2.24) is 0 Å². The van der Waals surface area contributed by atoms with Crippen LogP contribution in [0.2, 0.25) is 0 Å². The van der Waals surface area contributed by atoms with E-state index in [0.29, 0.717) is 12.0 Å². The van der Waals surface area contributed by atoms with Crippen LogP contribution in [0.15, 0.2) is 24.5 Å². The van der Waals surface area contributed by atoms with Crippen molar-refractivity contribution in [2.45, 2.75) is 6.92 Å². The van der Waals surface area contributed by atoms with Crippen LogP contribution in [0.5, 0.6) is 5.75 Å². The van der Waals surface area contributed by atoms with Crippen LogP contribution in [0.1, 0.15) is 12.5 Å². The first-order valence-corrected chi connectivity index (χ1v) is 4.99. The molecule has 0 bridgehead atoms. The average Bonchev–Trinajstić information content (AvgIpc) is 2.32. The summed E-state index contributed by atoms with van der Waals surface area (Å²) in [5.41, 5.74) is -0.265. The number of halogens is 1. The summed E-state index contributed by atoms with van der Waals surface area (Å²) in [4.78, 5) is 11.4. The third kappa shape index (κ3) is 2.96. The minimum Gasteiger partial charge on any atom is -0.515 e. The highest BCUT2D eigenvalue weighted by Gasteiger charge is 2.17. The summed E-state index contributed by atoms with van der Waals surface area (Å²) in [5, 5.41) is 8.97. The Morgan fingerprint density at radius 1 is 1.53 bits per heavy atom. The van der Waals surface area contributed by atoms with E-state index in [9.17, 15) is 9.18 Å². The fourth-order valence-electron chi connectivity index (χ4n) is 1.28. The molecular weight excluding hydrogens is 227 g/mol. The molecule has 4 nitrogen and oxygen atoms in total. The summed E-state index contributed by atoms with van der Waals surface area (Å²) in [6.45, 7) is 1.77. The van der Waals surface area contributed by atoms with Crippen LogP contribution in [0.3, 0.4) is 0 Å². The number of methoxy groups -OCH3 is 1. The molecule has 1 aromatic carbocycles. The lowest BCUT2D eigenvalue weighted by Crippen LogP contribution is -2.08. The van der Waals surface area contributed by atoms with Gasteiger partial charge in [-0.1, -0.05) is 0 Å². The second-order valence-corrected chi connectivity index (χ2v) is 3.11. The molecule has 1 aromatic rings. The van der Waals surface area contributed by atoms with E-state index in [4.69, 9.17) is 14.6 Å². The van der Waals surface area contributed by atoms with Crippen molar-refractivity contribution in [2.24, 2.45) is 0 Å². The lowest BCUT2D eigenvalue weighted by Gasteiger charge is -2.08. The molecule has 0 unspecified atom stereocenters. The van der Waals surface area contributed by atoms with Crippen LogP contribution in [-0.4, -0.2) is 24.8 Å². The van der Waals surface area contributed by atoms with Crippen LogP contribution in [0.4, 0.5) is 4.39 Å². The summed E-state index contributed by atoms with van der Waals surface area (Å²) in [6.07, 6.45) is 0.531. The quantitative estimate of drug-likeness (QED) is 0.498. The Labute approximate surface area is 98.3 Å². The molecule has 0 saturated heterocycles. The van der Waals surface area contributed by atoms with Gasteiger partial charge in [-0.3, -0.25) is 0 Å². The Hall–Kier alpha value is -2.04. The van der Waals surface area contributed by atoms with Crippen LogP contribution in [0.25, 0.3) is 5.57 Å². The highest BCUT2D eigenvalue weighted by Crippen LogP contribution is 2.23. The van der Waals surface area contributed by atoms with E-state index in [1.54, 1.807) is 6.92 Å². The number of aliphatic hydroxyl groups excluding tert-OH is 1. The van der Waals surface area contributed by atoms with Crippen LogP contribution in [0, 0.1) is 5.82 Å². The Kier molecular flexibility index (Phi) is 4.51. The molecule has 0 amide bonds. The number of aliphatic hydroxyl groups is 1. The molecule has 0 atom stereocenters. The van der Waals surface area contributed by atoms with E-state index < -0.39 is 11.8 Å². The molecule has 0 aliphatic rings. The van der Waals surface area contributed by atoms with Crippen LogP contribution < -0.4 is 4.74 Å². The molecule has 0 radical (unpaired) electrons. The summed E-state index contributed by atoms with van der Waals surface area (Å²) in [6, 6.07) is 3.95.